The third-order valence-electron chi connectivity index (χ3n) is 2.44. The van der Waals surface area contributed by atoms with E-state index >= 15 is 0 Å². The summed E-state index contributed by atoms with van der Waals surface area (Å²) in [5.74, 6) is 6.80. The number of hydrogen-bond donors (Lipinski definition) is 2. The molecule has 0 bridgehead atoms. The molecule has 1 heterocycles. The average molecular weight is 203 g/mol. The van der Waals surface area contributed by atoms with Crippen molar-refractivity contribution in [1.82, 2.24) is 5.32 Å². The lowest BCUT2D eigenvalue weighted by atomic mass is 9.96. The topological polar surface area (TPSA) is 12.0 Å². The number of fused-ring (bicyclic) bond motifs is 1. The molecule has 0 aromatic heterocycles. The molecule has 0 spiro atoms. The zero-order chi connectivity index (χ0) is 9.80. The van der Waals surface area contributed by atoms with Gasteiger partial charge in [0.1, 0.15) is 0 Å². The summed E-state index contributed by atoms with van der Waals surface area (Å²) in [4.78, 5) is 0. The van der Waals surface area contributed by atoms with Gasteiger partial charge < -0.3 is 5.32 Å². The van der Waals surface area contributed by atoms with E-state index in [0.29, 0.717) is 5.75 Å². The zero-order valence-corrected chi connectivity index (χ0v) is 8.90. The van der Waals surface area contributed by atoms with Gasteiger partial charge in [0.25, 0.3) is 0 Å². The highest BCUT2D eigenvalue weighted by Gasteiger charge is 2.10. The molecule has 1 aliphatic heterocycles. The summed E-state index contributed by atoms with van der Waals surface area (Å²) < 4.78 is 0. The maximum Gasteiger partial charge on any atom is 0.0521 e. The minimum Gasteiger partial charge on any atom is -0.312 e. The van der Waals surface area contributed by atoms with E-state index in [0.717, 1.165) is 19.5 Å². The quantitative estimate of drug-likeness (QED) is 0.482. The highest BCUT2D eigenvalue weighted by molar-refractivity contribution is 7.80. The molecule has 0 fully saturated rings. The molecule has 0 atom stereocenters. The van der Waals surface area contributed by atoms with Crippen LogP contribution >= 0.6 is 12.6 Å². The first-order valence-corrected chi connectivity index (χ1v) is 5.46. The number of hydrogen-bond acceptors (Lipinski definition) is 2. The van der Waals surface area contributed by atoms with Crippen LogP contribution in [0.4, 0.5) is 0 Å². The highest BCUT2D eigenvalue weighted by atomic mass is 32.1. The smallest absolute Gasteiger partial charge is 0.0521 e. The Bertz CT molecular complexity index is 387. The van der Waals surface area contributed by atoms with Gasteiger partial charge in [-0.2, -0.15) is 12.6 Å². The Morgan fingerprint density at radius 2 is 2.36 bits per heavy atom. The van der Waals surface area contributed by atoms with Gasteiger partial charge in [0.05, 0.1) is 5.75 Å². The van der Waals surface area contributed by atoms with E-state index in [1.165, 1.54) is 16.7 Å². The number of nitrogens with one attached hydrogen (secondary N) is 1. The second-order valence-corrected chi connectivity index (χ2v) is 3.65. The van der Waals surface area contributed by atoms with Gasteiger partial charge in [-0.3, -0.25) is 0 Å². The first-order valence-electron chi connectivity index (χ1n) is 4.83. The molecule has 72 valence electrons. The van der Waals surface area contributed by atoms with Crippen molar-refractivity contribution in [2.45, 2.75) is 13.0 Å². The maximum absolute atomic E-state index is 4.09. The third kappa shape index (κ3) is 1.95. The van der Waals surface area contributed by atoms with Gasteiger partial charge in [-0.05, 0) is 30.2 Å². The largest absolute Gasteiger partial charge is 0.312 e. The zero-order valence-electron chi connectivity index (χ0n) is 8.01. The van der Waals surface area contributed by atoms with Crippen molar-refractivity contribution in [3.8, 4) is 11.8 Å². The van der Waals surface area contributed by atoms with Crippen molar-refractivity contribution in [3.63, 3.8) is 0 Å². The Kier molecular flexibility index (Phi) is 3.13. The molecular formula is C12H13NS. The van der Waals surface area contributed by atoms with E-state index in [2.05, 4.69) is 48.0 Å². The van der Waals surface area contributed by atoms with E-state index < -0.39 is 0 Å². The van der Waals surface area contributed by atoms with E-state index in [1.54, 1.807) is 0 Å². The monoisotopic (exact) mass is 203 g/mol. The summed E-state index contributed by atoms with van der Waals surface area (Å²) in [5.41, 5.74) is 3.99. The van der Waals surface area contributed by atoms with Gasteiger partial charge in [-0.25, -0.2) is 0 Å². The first-order chi connectivity index (χ1) is 6.92. The molecule has 2 rings (SSSR count). The standard InChI is InChI=1S/C12H13NS/c14-8-2-5-10-3-1-4-11-9-13-7-6-12(10)11/h1,3-4,13-14H,6-9H2. The molecule has 0 amide bonds. The molecule has 0 unspecified atom stereocenters. The van der Waals surface area contributed by atoms with Gasteiger partial charge >= 0.3 is 0 Å². The number of thiol groups is 1. The van der Waals surface area contributed by atoms with Gasteiger partial charge in [0, 0.05) is 12.1 Å². The van der Waals surface area contributed by atoms with Crippen LogP contribution in [0, 0.1) is 11.8 Å². The van der Waals surface area contributed by atoms with Crippen LogP contribution in [-0.4, -0.2) is 12.3 Å². The van der Waals surface area contributed by atoms with Crippen LogP contribution in [-0.2, 0) is 13.0 Å². The van der Waals surface area contributed by atoms with Gasteiger partial charge in [-0.1, -0.05) is 24.0 Å². The predicted molar refractivity (Wildman–Crippen MR) is 62.6 cm³/mol. The van der Waals surface area contributed by atoms with E-state index in [4.69, 9.17) is 0 Å². The molecular weight excluding hydrogens is 190 g/mol. The molecule has 0 saturated carbocycles. The summed E-state index contributed by atoms with van der Waals surface area (Å²) in [6.45, 7) is 2.04. The van der Waals surface area contributed by atoms with Gasteiger partial charge in [-0.15, -0.1) is 0 Å². The van der Waals surface area contributed by atoms with Crippen molar-refractivity contribution >= 4 is 12.6 Å². The second-order valence-electron chi connectivity index (χ2n) is 3.33. The van der Waals surface area contributed by atoms with Crippen LogP contribution in [0.25, 0.3) is 0 Å². The van der Waals surface area contributed by atoms with Crippen LogP contribution in [0.2, 0.25) is 0 Å². The predicted octanol–water partition coefficient (Wildman–Crippen LogP) is 1.61. The summed E-state index contributed by atoms with van der Waals surface area (Å²) in [5, 5.41) is 3.36. The van der Waals surface area contributed by atoms with E-state index in [-0.39, 0.29) is 0 Å². The Labute approximate surface area is 90.3 Å². The van der Waals surface area contributed by atoms with Crippen molar-refractivity contribution in [2.75, 3.05) is 12.3 Å². The third-order valence-corrected chi connectivity index (χ3v) is 2.60. The Morgan fingerprint density at radius 3 is 3.21 bits per heavy atom. The lowest BCUT2D eigenvalue weighted by Gasteiger charge is -2.18. The molecule has 2 heteroatoms. The number of benzene rings is 1. The van der Waals surface area contributed by atoms with Crippen molar-refractivity contribution in [3.05, 3.63) is 34.9 Å². The van der Waals surface area contributed by atoms with Crippen LogP contribution in [0.3, 0.4) is 0 Å². The summed E-state index contributed by atoms with van der Waals surface area (Å²) >= 11 is 4.09. The summed E-state index contributed by atoms with van der Waals surface area (Å²) in [6.07, 6.45) is 1.09. The lowest BCUT2D eigenvalue weighted by Crippen LogP contribution is -2.24. The molecule has 1 aromatic rings. The minimum atomic E-state index is 0.627. The highest BCUT2D eigenvalue weighted by Crippen LogP contribution is 2.17. The molecule has 0 saturated heterocycles. The molecule has 1 nitrogen and oxygen atoms in total. The Hall–Kier alpha value is -0.910. The van der Waals surface area contributed by atoms with Crippen molar-refractivity contribution in [1.29, 1.82) is 0 Å². The van der Waals surface area contributed by atoms with Crippen molar-refractivity contribution < 1.29 is 0 Å². The Balaban J connectivity index is 2.40. The van der Waals surface area contributed by atoms with Crippen molar-refractivity contribution in [2.24, 2.45) is 0 Å². The molecule has 0 radical (unpaired) electrons. The fourth-order valence-corrected chi connectivity index (χ4v) is 1.86. The van der Waals surface area contributed by atoms with Crippen LogP contribution in [0.5, 0.6) is 0 Å². The van der Waals surface area contributed by atoms with Gasteiger partial charge in [0.2, 0.25) is 0 Å². The minimum absolute atomic E-state index is 0.627. The number of rotatable bonds is 0. The maximum atomic E-state index is 4.09. The molecule has 14 heavy (non-hydrogen) atoms. The fraction of sp³-hybridized carbons (Fsp3) is 0.333. The van der Waals surface area contributed by atoms with Crippen LogP contribution in [0.15, 0.2) is 18.2 Å². The van der Waals surface area contributed by atoms with E-state index in [9.17, 15) is 0 Å². The molecule has 1 N–H and O–H groups in total. The van der Waals surface area contributed by atoms with Crippen LogP contribution in [0.1, 0.15) is 16.7 Å². The molecule has 1 aliphatic rings. The lowest BCUT2D eigenvalue weighted by molar-refractivity contribution is 0.643. The molecule has 0 aliphatic carbocycles. The first kappa shape index (κ1) is 9.64. The van der Waals surface area contributed by atoms with Crippen LogP contribution < -0.4 is 5.32 Å². The summed E-state index contributed by atoms with van der Waals surface area (Å²) in [6, 6.07) is 6.35. The summed E-state index contributed by atoms with van der Waals surface area (Å²) in [7, 11) is 0. The SMILES string of the molecule is SCC#Cc1cccc2c1CCNC2. The van der Waals surface area contributed by atoms with E-state index in [1.807, 2.05) is 0 Å². The fourth-order valence-electron chi connectivity index (χ4n) is 1.78. The molecule has 1 aromatic carbocycles. The Morgan fingerprint density at radius 1 is 1.43 bits per heavy atom. The second kappa shape index (κ2) is 4.54. The average Bonchev–Trinajstić information content (AvgIpc) is 2.26. The van der Waals surface area contributed by atoms with Gasteiger partial charge in [0.15, 0.2) is 0 Å². The normalized spacial score (nSPS) is 14.1.